The van der Waals surface area contributed by atoms with E-state index in [0.717, 1.165) is 19.3 Å². The molecule has 90 valence electrons. The number of unbranched alkanes of at least 4 members (excludes halogenated alkanes) is 2. The average molecular weight is 220 g/mol. The van der Waals surface area contributed by atoms with Gasteiger partial charge >= 0.3 is 0 Å². The van der Waals surface area contributed by atoms with Gasteiger partial charge in [-0.25, -0.2) is 0 Å². The summed E-state index contributed by atoms with van der Waals surface area (Å²) < 4.78 is 10.2. The number of aliphatic hydroxyl groups is 3. The van der Waals surface area contributed by atoms with Gasteiger partial charge in [0, 0.05) is 6.61 Å². The summed E-state index contributed by atoms with van der Waals surface area (Å²) in [5, 5.41) is 27.8. The summed E-state index contributed by atoms with van der Waals surface area (Å²) in [6.45, 7) is 2.27. The second-order valence-corrected chi connectivity index (χ2v) is 3.78. The molecule has 0 aromatic heterocycles. The number of ether oxygens (including phenoxy) is 2. The molecule has 5 heteroatoms. The topological polar surface area (TPSA) is 79.2 Å². The van der Waals surface area contributed by atoms with E-state index in [1.54, 1.807) is 0 Å². The fraction of sp³-hybridized carbons (Fsp3) is 1.00. The van der Waals surface area contributed by atoms with Crippen molar-refractivity contribution in [3.8, 4) is 0 Å². The van der Waals surface area contributed by atoms with Gasteiger partial charge in [-0.05, 0) is 6.42 Å². The second kappa shape index (κ2) is 6.40. The molecule has 1 saturated heterocycles. The van der Waals surface area contributed by atoms with Crippen LogP contribution in [0, 0.1) is 0 Å². The number of aliphatic hydroxyl groups excluding tert-OH is 3. The van der Waals surface area contributed by atoms with Gasteiger partial charge in [0.1, 0.15) is 18.3 Å². The van der Waals surface area contributed by atoms with E-state index in [4.69, 9.17) is 14.6 Å². The molecule has 1 aliphatic heterocycles. The molecule has 0 amide bonds. The highest BCUT2D eigenvalue weighted by molar-refractivity contribution is 4.86. The Labute approximate surface area is 89.6 Å². The molecule has 0 saturated carbocycles. The number of hydrogen-bond donors (Lipinski definition) is 3. The summed E-state index contributed by atoms with van der Waals surface area (Å²) in [5.74, 6) is 0. The fourth-order valence-electron chi connectivity index (χ4n) is 1.62. The lowest BCUT2D eigenvalue weighted by molar-refractivity contribution is -0.147. The minimum Gasteiger partial charge on any atom is -0.394 e. The van der Waals surface area contributed by atoms with Crippen molar-refractivity contribution in [3.05, 3.63) is 0 Å². The van der Waals surface area contributed by atoms with Crippen molar-refractivity contribution in [1.29, 1.82) is 0 Å². The van der Waals surface area contributed by atoms with E-state index in [1.807, 2.05) is 0 Å². The van der Waals surface area contributed by atoms with Crippen LogP contribution in [0.25, 0.3) is 0 Å². The van der Waals surface area contributed by atoms with Crippen LogP contribution in [0.5, 0.6) is 0 Å². The first-order valence-electron chi connectivity index (χ1n) is 5.44. The van der Waals surface area contributed by atoms with Gasteiger partial charge in [0.25, 0.3) is 0 Å². The quantitative estimate of drug-likeness (QED) is 0.532. The lowest BCUT2D eigenvalue weighted by Crippen LogP contribution is -2.36. The summed E-state index contributed by atoms with van der Waals surface area (Å²) in [6, 6.07) is 0. The lowest BCUT2D eigenvalue weighted by atomic mass is 10.1. The van der Waals surface area contributed by atoms with Crippen LogP contribution in [0.4, 0.5) is 0 Å². The third kappa shape index (κ3) is 3.39. The first-order chi connectivity index (χ1) is 7.20. The molecule has 15 heavy (non-hydrogen) atoms. The Morgan fingerprint density at radius 1 is 1.27 bits per heavy atom. The smallest absolute Gasteiger partial charge is 0.184 e. The van der Waals surface area contributed by atoms with Gasteiger partial charge in [-0.2, -0.15) is 0 Å². The molecule has 0 aliphatic carbocycles. The maximum absolute atomic E-state index is 9.61. The molecular formula is C10H20O5. The summed E-state index contributed by atoms with van der Waals surface area (Å²) in [6.07, 6.45) is -0.519. The molecule has 4 atom stereocenters. The van der Waals surface area contributed by atoms with Crippen LogP contribution in [0.3, 0.4) is 0 Å². The normalized spacial score (nSPS) is 36.0. The Bertz CT molecular complexity index is 175. The average Bonchev–Trinajstić information content (AvgIpc) is 2.50. The first kappa shape index (κ1) is 12.9. The zero-order valence-corrected chi connectivity index (χ0v) is 9.00. The Hall–Kier alpha value is -0.200. The monoisotopic (exact) mass is 220 g/mol. The van der Waals surface area contributed by atoms with Crippen molar-refractivity contribution >= 4 is 0 Å². The van der Waals surface area contributed by atoms with Crippen LogP contribution in [-0.4, -0.2) is 53.1 Å². The van der Waals surface area contributed by atoms with Crippen LogP contribution in [0.15, 0.2) is 0 Å². The van der Waals surface area contributed by atoms with Crippen molar-refractivity contribution in [1.82, 2.24) is 0 Å². The predicted molar refractivity (Wildman–Crippen MR) is 53.2 cm³/mol. The largest absolute Gasteiger partial charge is 0.394 e. The third-order valence-electron chi connectivity index (χ3n) is 2.55. The molecule has 0 aromatic carbocycles. The van der Waals surface area contributed by atoms with Crippen LogP contribution in [0.1, 0.15) is 26.2 Å². The molecule has 1 fully saturated rings. The standard InChI is InChI=1S/C10H20O5/c1-2-3-4-5-14-9-8(12)7(6-11)15-10(9)13/h7-13H,2-6H2,1H3/t7-,8-,9-,10?/m1/s1. The highest BCUT2D eigenvalue weighted by Crippen LogP contribution is 2.22. The van der Waals surface area contributed by atoms with Crippen LogP contribution < -0.4 is 0 Å². The molecule has 0 aromatic rings. The summed E-state index contributed by atoms with van der Waals surface area (Å²) in [7, 11) is 0. The Kier molecular flexibility index (Phi) is 5.49. The highest BCUT2D eigenvalue weighted by Gasteiger charge is 2.43. The zero-order chi connectivity index (χ0) is 11.3. The molecule has 1 aliphatic rings. The second-order valence-electron chi connectivity index (χ2n) is 3.78. The van der Waals surface area contributed by atoms with Crippen molar-refractivity contribution in [3.63, 3.8) is 0 Å². The Morgan fingerprint density at radius 3 is 2.53 bits per heavy atom. The number of rotatable bonds is 6. The van der Waals surface area contributed by atoms with Gasteiger partial charge in [-0.15, -0.1) is 0 Å². The van der Waals surface area contributed by atoms with Crippen molar-refractivity contribution in [2.24, 2.45) is 0 Å². The first-order valence-corrected chi connectivity index (χ1v) is 5.44. The van der Waals surface area contributed by atoms with Crippen molar-refractivity contribution in [2.75, 3.05) is 13.2 Å². The predicted octanol–water partition coefficient (Wildman–Crippen LogP) is -0.368. The molecule has 1 rings (SSSR count). The van der Waals surface area contributed by atoms with E-state index in [1.165, 1.54) is 0 Å². The SMILES string of the molecule is CCCCCO[C@H]1C(O)O[C@H](CO)[C@H]1O. The fourth-order valence-corrected chi connectivity index (χ4v) is 1.62. The van der Waals surface area contributed by atoms with Crippen LogP contribution in [0.2, 0.25) is 0 Å². The Morgan fingerprint density at radius 2 is 2.00 bits per heavy atom. The molecule has 0 radical (unpaired) electrons. The number of hydrogen-bond acceptors (Lipinski definition) is 5. The molecule has 1 heterocycles. The molecular weight excluding hydrogens is 200 g/mol. The van der Waals surface area contributed by atoms with Crippen LogP contribution in [-0.2, 0) is 9.47 Å². The van der Waals surface area contributed by atoms with Gasteiger partial charge in [0.05, 0.1) is 6.61 Å². The molecule has 0 bridgehead atoms. The van der Waals surface area contributed by atoms with Crippen LogP contribution >= 0.6 is 0 Å². The van der Waals surface area contributed by atoms with E-state index in [0.29, 0.717) is 6.61 Å². The Balaban J connectivity index is 2.28. The lowest BCUT2D eigenvalue weighted by Gasteiger charge is -2.17. The van der Waals surface area contributed by atoms with Crippen molar-refractivity contribution < 1.29 is 24.8 Å². The van der Waals surface area contributed by atoms with Gasteiger partial charge in [0.2, 0.25) is 0 Å². The summed E-state index contributed by atoms with van der Waals surface area (Å²) in [5.41, 5.74) is 0. The van der Waals surface area contributed by atoms with Gasteiger partial charge in [-0.3, -0.25) is 0 Å². The third-order valence-corrected chi connectivity index (χ3v) is 2.55. The van der Waals surface area contributed by atoms with Gasteiger partial charge in [-0.1, -0.05) is 19.8 Å². The van der Waals surface area contributed by atoms with E-state index in [2.05, 4.69) is 6.92 Å². The molecule has 5 nitrogen and oxygen atoms in total. The molecule has 3 N–H and O–H groups in total. The van der Waals surface area contributed by atoms with E-state index in [-0.39, 0.29) is 6.61 Å². The van der Waals surface area contributed by atoms with E-state index < -0.39 is 24.6 Å². The maximum Gasteiger partial charge on any atom is 0.184 e. The minimum absolute atomic E-state index is 0.312. The van der Waals surface area contributed by atoms with E-state index in [9.17, 15) is 10.2 Å². The summed E-state index contributed by atoms with van der Waals surface area (Å²) >= 11 is 0. The molecule has 0 spiro atoms. The maximum atomic E-state index is 9.61. The summed E-state index contributed by atoms with van der Waals surface area (Å²) in [4.78, 5) is 0. The van der Waals surface area contributed by atoms with E-state index >= 15 is 0 Å². The highest BCUT2D eigenvalue weighted by atomic mass is 16.7. The zero-order valence-electron chi connectivity index (χ0n) is 9.00. The molecule has 1 unspecified atom stereocenters. The van der Waals surface area contributed by atoms with Gasteiger partial charge < -0.3 is 24.8 Å². The van der Waals surface area contributed by atoms with Gasteiger partial charge in [0.15, 0.2) is 6.29 Å². The van der Waals surface area contributed by atoms with Crippen molar-refractivity contribution in [2.45, 2.75) is 50.8 Å². The minimum atomic E-state index is -1.14.